The molecule has 1 aromatic rings. The Bertz CT molecular complexity index is 907. The zero-order valence-corrected chi connectivity index (χ0v) is 20.2. The van der Waals surface area contributed by atoms with E-state index in [9.17, 15) is 9.59 Å². The molecular formula is C23H29Cl2NO6. The van der Waals surface area contributed by atoms with Crippen LogP contribution >= 0.6 is 23.2 Å². The number of rotatable bonds is 2. The number of benzene rings is 1. The molecule has 2 aliphatic carbocycles. The van der Waals surface area contributed by atoms with Crippen LogP contribution in [0.1, 0.15) is 31.4 Å². The molecule has 1 spiro atoms. The van der Waals surface area contributed by atoms with E-state index in [-0.39, 0.29) is 34.7 Å². The van der Waals surface area contributed by atoms with Gasteiger partial charge in [0.05, 0.1) is 5.34 Å². The van der Waals surface area contributed by atoms with Gasteiger partial charge in [-0.1, -0.05) is 12.1 Å². The van der Waals surface area contributed by atoms with E-state index in [0.717, 1.165) is 32.1 Å². The molecule has 0 unspecified atom stereocenters. The Kier molecular flexibility index (Phi) is 7.76. The predicted molar refractivity (Wildman–Crippen MR) is 121 cm³/mol. The Balaban J connectivity index is 0.000000536. The van der Waals surface area contributed by atoms with Crippen LogP contribution in [0.15, 0.2) is 24.3 Å². The first kappa shape index (κ1) is 24.8. The van der Waals surface area contributed by atoms with Crippen LogP contribution in [0.3, 0.4) is 0 Å². The summed E-state index contributed by atoms with van der Waals surface area (Å²) in [5.74, 6) is 0.712. The number of alkyl halides is 2. The van der Waals surface area contributed by atoms with Crippen LogP contribution in [-0.4, -0.2) is 66.2 Å². The van der Waals surface area contributed by atoms with Gasteiger partial charge >= 0.3 is 11.9 Å². The number of ether oxygens (including phenoxy) is 3. The van der Waals surface area contributed by atoms with Gasteiger partial charge in [0.25, 0.3) is 0 Å². The lowest BCUT2D eigenvalue weighted by molar-refractivity contribution is -0.152. The van der Waals surface area contributed by atoms with Crippen LogP contribution in [0.5, 0.6) is 11.5 Å². The lowest BCUT2D eigenvalue weighted by Crippen LogP contribution is -2.65. The van der Waals surface area contributed by atoms with Gasteiger partial charge in [0.2, 0.25) is 0 Å². The fourth-order valence-electron chi connectivity index (χ4n) is 5.74. The van der Waals surface area contributed by atoms with Crippen molar-refractivity contribution in [2.24, 2.45) is 5.92 Å². The van der Waals surface area contributed by atoms with E-state index >= 15 is 0 Å². The number of hydrogen-bond donors (Lipinski definition) is 1. The molecule has 32 heavy (non-hydrogen) atoms. The minimum atomic E-state index is -0.439. The normalized spacial score (nSPS) is 30.5. The number of likely N-dealkylation sites (N-methyl/N-ethyl adjacent to an activating group) is 1. The minimum Gasteiger partial charge on any atom is -0.481 e. The number of aliphatic hydroxyl groups excluding tert-OH is 1. The summed E-state index contributed by atoms with van der Waals surface area (Å²) < 4.78 is 17.5. The maximum atomic E-state index is 11.7. The number of esters is 2. The van der Waals surface area contributed by atoms with Crippen molar-refractivity contribution in [2.75, 3.05) is 26.0 Å². The summed E-state index contributed by atoms with van der Waals surface area (Å²) in [7, 11) is 3.17. The summed E-state index contributed by atoms with van der Waals surface area (Å²) in [6.07, 6.45) is 5.31. The average molecular weight is 486 g/mol. The van der Waals surface area contributed by atoms with Crippen LogP contribution in [-0.2, 0) is 26.2 Å². The summed E-state index contributed by atoms with van der Waals surface area (Å²) in [6.45, 7) is 3.77. The summed E-state index contributed by atoms with van der Waals surface area (Å²) in [6, 6.07) is 4.28. The van der Waals surface area contributed by atoms with Gasteiger partial charge < -0.3 is 24.2 Å². The van der Waals surface area contributed by atoms with Crippen LogP contribution < -0.4 is 9.47 Å². The number of piperidine rings is 1. The molecular weight excluding hydrogens is 457 g/mol. The molecule has 4 aliphatic rings. The van der Waals surface area contributed by atoms with Crippen molar-refractivity contribution in [3.8, 4) is 11.5 Å². The smallest absolute Gasteiger partial charge is 0.308 e. The van der Waals surface area contributed by atoms with E-state index in [2.05, 4.69) is 24.1 Å². The lowest BCUT2D eigenvalue weighted by atomic mass is 9.53. The molecule has 2 aliphatic heterocycles. The molecule has 0 saturated carbocycles. The van der Waals surface area contributed by atoms with Crippen molar-refractivity contribution < 1.29 is 28.9 Å². The second-order valence-electron chi connectivity index (χ2n) is 8.19. The number of carbonyl (C=O) groups excluding carboxylic acids is 2. The van der Waals surface area contributed by atoms with Gasteiger partial charge in [0, 0.05) is 43.9 Å². The van der Waals surface area contributed by atoms with E-state index in [0.29, 0.717) is 17.5 Å². The molecule has 1 N–H and O–H groups in total. The molecule has 2 bridgehead atoms. The second kappa shape index (κ2) is 10.00. The monoisotopic (exact) mass is 485 g/mol. The van der Waals surface area contributed by atoms with Crippen LogP contribution in [0.25, 0.3) is 0 Å². The highest BCUT2D eigenvalue weighted by Crippen LogP contribution is 2.62. The third-order valence-electron chi connectivity index (χ3n) is 6.67. The highest BCUT2D eigenvalue weighted by atomic mass is 35.5. The Morgan fingerprint density at radius 3 is 2.53 bits per heavy atom. The first-order valence-electron chi connectivity index (χ1n) is 10.5. The van der Waals surface area contributed by atoms with Crippen molar-refractivity contribution in [2.45, 2.75) is 50.4 Å². The zero-order chi connectivity index (χ0) is 23.6. The van der Waals surface area contributed by atoms with Crippen molar-refractivity contribution in [1.82, 2.24) is 4.90 Å². The van der Waals surface area contributed by atoms with Gasteiger partial charge in [-0.05, 0) is 44.1 Å². The fraction of sp³-hybridized carbons (Fsp3) is 0.565. The Hall–Kier alpha value is -1.80. The predicted octanol–water partition coefficient (Wildman–Crippen LogP) is 3.02. The van der Waals surface area contributed by atoms with Crippen molar-refractivity contribution >= 4 is 35.1 Å². The van der Waals surface area contributed by atoms with Crippen LogP contribution in [0.4, 0.5) is 0 Å². The maximum Gasteiger partial charge on any atom is 0.308 e. The van der Waals surface area contributed by atoms with Gasteiger partial charge in [-0.2, -0.15) is 0 Å². The SMILES string of the molecule is CC(=O)Oc1ccc2c3c1O[C@H]1[C@@H](OC(C)=O)C=C[C@H]4[C@@H](C2)N(C)CC[C@@]341.CO.ClCCl. The second-order valence-corrected chi connectivity index (χ2v) is 9.00. The first-order chi connectivity index (χ1) is 15.3. The molecule has 1 fully saturated rings. The summed E-state index contributed by atoms with van der Waals surface area (Å²) in [5, 5.41) is 7.19. The van der Waals surface area contributed by atoms with E-state index in [1.807, 2.05) is 12.1 Å². The van der Waals surface area contributed by atoms with E-state index in [4.69, 9.17) is 42.5 Å². The van der Waals surface area contributed by atoms with Crippen molar-refractivity contribution in [1.29, 1.82) is 0 Å². The molecule has 176 valence electrons. The molecule has 0 radical (unpaired) electrons. The molecule has 1 saturated heterocycles. The average Bonchev–Trinajstić information content (AvgIpc) is 3.10. The van der Waals surface area contributed by atoms with E-state index < -0.39 is 6.10 Å². The summed E-state index contributed by atoms with van der Waals surface area (Å²) in [4.78, 5) is 25.7. The van der Waals surface area contributed by atoms with Crippen LogP contribution in [0.2, 0.25) is 0 Å². The van der Waals surface area contributed by atoms with Gasteiger partial charge in [0.1, 0.15) is 6.10 Å². The van der Waals surface area contributed by atoms with Crippen LogP contribution in [0, 0.1) is 5.92 Å². The van der Waals surface area contributed by atoms with Gasteiger partial charge in [-0.3, -0.25) is 9.59 Å². The largest absolute Gasteiger partial charge is 0.481 e. The molecule has 5 rings (SSSR count). The lowest BCUT2D eigenvalue weighted by Gasteiger charge is -2.56. The molecule has 0 amide bonds. The third-order valence-corrected chi connectivity index (χ3v) is 6.67. The standard InChI is InChI=1S/C21H23NO5.CH2Cl2.CH4O/c1-11(23)25-16-6-4-13-10-15-14-5-7-17(26-12(2)24)20-21(14,8-9-22(15)3)18(13)19(16)27-20;2-1-3;1-2/h4-7,14-15,17,20H,8-10H2,1-3H3;1H2;2H,1H3/t14-,15+,17-,20-,21-;;/m0../s1. The summed E-state index contributed by atoms with van der Waals surface area (Å²) in [5.41, 5.74) is 2.15. The van der Waals surface area contributed by atoms with E-state index in [1.165, 1.54) is 19.4 Å². The highest BCUT2D eigenvalue weighted by molar-refractivity contribution is 6.40. The molecule has 1 aromatic carbocycles. The van der Waals surface area contributed by atoms with Gasteiger partial charge in [0.15, 0.2) is 17.6 Å². The zero-order valence-electron chi connectivity index (χ0n) is 18.6. The molecule has 0 aromatic heterocycles. The topological polar surface area (TPSA) is 85.3 Å². The first-order valence-corrected chi connectivity index (χ1v) is 11.5. The minimum absolute atomic E-state index is 0.194. The van der Waals surface area contributed by atoms with Crippen molar-refractivity contribution in [3.63, 3.8) is 0 Å². The van der Waals surface area contributed by atoms with E-state index in [1.54, 1.807) is 0 Å². The van der Waals surface area contributed by atoms with Gasteiger partial charge in [-0.15, -0.1) is 23.2 Å². The molecule has 9 heteroatoms. The molecule has 5 atom stereocenters. The third kappa shape index (κ3) is 4.00. The number of hydrogen-bond acceptors (Lipinski definition) is 7. The fourth-order valence-corrected chi connectivity index (χ4v) is 5.74. The summed E-state index contributed by atoms with van der Waals surface area (Å²) >= 11 is 9.53. The Labute approximate surface area is 198 Å². The molecule has 7 nitrogen and oxygen atoms in total. The maximum absolute atomic E-state index is 11.7. The molecule has 2 heterocycles. The number of likely N-dealkylation sites (tertiary alicyclic amines) is 1. The van der Waals surface area contributed by atoms with Gasteiger partial charge in [-0.25, -0.2) is 0 Å². The Morgan fingerprint density at radius 1 is 1.22 bits per heavy atom. The number of aliphatic hydroxyl groups is 1. The number of carbonyl (C=O) groups is 2. The Morgan fingerprint density at radius 2 is 1.91 bits per heavy atom. The quantitative estimate of drug-likeness (QED) is 0.298. The highest BCUT2D eigenvalue weighted by Gasteiger charge is 2.65. The number of halogens is 2. The number of nitrogens with zero attached hydrogens (tertiary/aromatic N) is 1. The van der Waals surface area contributed by atoms with Crippen molar-refractivity contribution in [3.05, 3.63) is 35.4 Å².